The van der Waals surface area contributed by atoms with Crippen LogP contribution in [0.2, 0.25) is 10.0 Å². The van der Waals surface area contributed by atoms with Gasteiger partial charge in [-0.15, -0.1) is 0 Å². The Morgan fingerprint density at radius 2 is 1.63 bits per heavy atom. The molecule has 2 N–H and O–H groups in total. The van der Waals surface area contributed by atoms with Gasteiger partial charge in [0.2, 0.25) is 0 Å². The maximum atomic E-state index is 6.31. The molecule has 2 aromatic rings. The first-order chi connectivity index (χ1) is 13.1. The predicted octanol–water partition coefficient (Wildman–Crippen LogP) is 4.50. The molecule has 0 fully saturated rings. The fourth-order valence-electron chi connectivity index (χ4n) is 2.98. The van der Waals surface area contributed by atoms with Crippen molar-refractivity contribution in [1.82, 2.24) is 19.5 Å². The van der Waals surface area contributed by atoms with Crippen molar-refractivity contribution in [2.45, 2.75) is 19.4 Å². The second-order valence-corrected chi connectivity index (χ2v) is 7.07. The molecule has 7 heteroatoms. The van der Waals surface area contributed by atoms with Gasteiger partial charge in [-0.2, -0.15) is 0 Å². The zero-order valence-corrected chi connectivity index (χ0v) is 16.0. The van der Waals surface area contributed by atoms with Gasteiger partial charge >= 0.3 is 0 Å². The summed E-state index contributed by atoms with van der Waals surface area (Å²) in [6.07, 6.45) is 3.23. The highest BCUT2D eigenvalue weighted by Gasteiger charge is 2.19. The van der Waals surface area contributed by atoms with Crippen LogP contribution in [0.25, 0.3) is 11.5 Å². The number of fused-ring (bicyclic) bond motifs is 1. The Hall–Kier alpha value is -2.63. The molecule has 0 atom stereocenters. The quantitative estimate of drug-likeness (QED) is 0.538. The molecule has 2 aromatic carbocycles. The molecular weight excluding hydrogens is 381 g/mol. The Bertz CT molecular complexity index is 1030. The number of halogens is 2. The molecule has 0 unspecified atom stereocenters. The summed E-state index contributed by atoms with van der Waals surface area (Å²) >= 11 is 12.6. The number of nitrogens with two attached hydrogens (primary N) is 1. The van der Waals surface area contributed by atoms with Crippen LogP contribution in [-0.2, 0) is 19.4 Å². The van der Waals surface area contributed by atoms with Gasteiger partial charge in [0, 0.05) is 22.0 Å². The van der Waals surface area contributed by atoms with Crippen molar-refractivity contribution in [2.24, 2.45) is 0 Å². The summed E-state index contributed by atoms with van der Waals surface area (Å²) in [6, 6.07) is 15.7. The zero-order chi connectivity index (χ0) is 18.8. The van der Waals surface area contributed by atoms with E-state index in [9.17, 15) is 0 Å². The van der Waals surface area contributed by atoms with Crippen LogP contribution in [0.5, 0.6) is 0 Å². The fraction of sp³-hybridized carbons (Fsp3) is 0.150. The number of nitrogens with zero attached hydrogens (tertiary/aromatic N) is 4. The fourth-order valence-corrected chi connectivity index (χ4v) is 3.50. The zero-order valence-electron chi connectivity index (χ0n) is 14.4. The summed E-state index contributed by atoms with van der Waals surface area (Å²) < 4.78 is 1.87. The summed E-state index contributed by atoms with van der Waals surface area (Å²) in [5, 5.41) is 1.20. The molecule has 0 aliphatic carbocycles. The highest BCUT2D eigenvalue weighted by molar-refractivity contribution is 6.35. The molecule has 2 aliphatic rings. The number of imidazole rings is 1. The first kappa shape index (κ1) is 17.8. The second-order valence-electron chi connectivity index (χ2n) is 6.26. The van der Waals surface area contributed by atoms with E-state index in [2.05, 4.69) is 27.1 Å². The number of nitrogen functional groups attached to an aromatic ring is 1. The molecule has 0 saturated heterocycles. The van der Waals surface area contributed by atoms with Crippen LogP contribution in [-0.4, -0.2) is 19.5 Å². The highest BCUT2D eigenvalue weighted by Crippen LogP contribution is 2.29. The summed E-state index contributed by atoms with van der Waals surface area (Å²) in [5.41, 5.74) is 8.68. The molecule has 5 nitrogen and oxygen atoms in total. The summed E-state index contributed by atoms with van der Waals surface area (Å²) in [5.74, 6) is 1.79. The normalized spacial score (nSPS) is 11.2. The van der Waals surface area contributed by atoms with E-state index in [4.69, 9.17) is 28.9 Å². The Morgan fingerprint density at radius 1 is 0.889 bits per heavy atom. The molecule has 2 heterocycles. The maximum Gasteiger partial charge on any atom is 0.166 e. The van der Waals surface area contributed by atoms with E-state index in [1.807, 2.05) is 41.0 Å². The second kappa shape index (κ2) is 7.55. The maximum absolute atomic E-state index is 6.31. The molecular formula is C20H17Cl2N5. The molecule has 4 rings (SSSR count). The van der Waals surface area contributed by atoms with Gasteiger partial charge < -0.3 is 10.3 Å². The van der Waals surface area contributed by atoms with Crippen molar-refractivity contribution < 1.29 is 0 Å². The first-order valence-electron chi connectivity index (χ1n) is 8.56. The number of hydrogen-bond donors (Lipinski definition) is 1. The molecule has 27 heavy (non-hydrogen) atoms. The largest absolute Gasteiger partial charge is 0.382 e. The van der Waals surface area contributed by atoms with Crippen molar-refractivity contribution in [3.63, 3.8) is 0 Å². The number of benzene rings is 2. The lowest BCUT2D eigenvalue weighted by Crippen LogP contribution is -2.09. The lowest BCUT2D eigenvalue weighted by atomic mass is 10.1. The van der Waals surface area contributed by atoms with Gasteiger partial charge in [-0.1, -0.05) is 59.6 Å². The molecule has 0 saturated carbocycles. The van der Waals surface area contributed by atoms with Gasteiger partial charge in [-0.05, 0) is 24.1 Å². The van der Waals surface area contributed by atoms with Crippen LogP contribution in [0.15, 0.2) is 54.9 Å². The molecule has 0 bridgehead atoms. The molecule has 0 aromatic heterocycles. The third kappa shape index (κ3) is 3.75. The topological polar surface area (TPSA) is 69.6 Å². The Kier molecular flexibility index (Phi) is 4.97. The minimum absolute atomic E-state index is 0.366. The minimum Gasteiger partial charge on any atom is -0.382 e. The van der Waals surface area contributed by atoms with Crippen LogP contribution < -0.4 is 5.73 Å². The third-order valence-electron chi connectivity index (χ3n) is 4.41. The average molecular weight is 398 g/mol. The van der Waals surface area contributed by atoms with E-state index >= 15 is 0 Å². The van der Waals surface area contributed by atoms with Crippen LogP contribution in [0.3, 0.4) is 0 Å². The van der Waals surface area contributed by atoms with Crippen molar-refractivity contribution in [1.29, 1.82) is 0 Å². The monoisotopic (exact) mass is 397 g/mol. The average Bonchev–Trinajstić information content (AvgIpc) is 3.11. The number of hydrogen-bond acceptors (Lipinski definition) is 4. The number of rotatable bonds is 5. The summed E-state index contributed by atoms with van der Waals surface area (Å²) in [6.45, 7) is 0.444. The lowest BCUT2D eigenvalue weighted by molar-refractivity contribution is 0.760. The van der Waals surface area contributed by atoms with Gasteiger partial charge in [0.1, 0.15) is 5.82 Å². The van der Waals surface area contributed by atoms with E-state index in [0.717, 1.165) is 24.2 Å². The minimum atomic E-state index is 0.366. The van der Waals surface area contributed by atoms with Crippen molar-refractivity contribution in [3.05, 3.63) is 81.9 Å². The van der Waals surface area contributed by atoms with Crippen LogP contribution in [0, 0.1) is 0 Å². The molecule has 136 valence electrons. The first-order valence-corrected chi connectivity index (χ1v) is 9.31. The molecule has 0 spiro atoms. The standard InChI is InChI=1S/C20H17Cl2N5/c21-15-7-4-8-16(22)14(15)11-27-12-24-19(23)18-20(27)26-17(25-18)10-9-13-5-2-1-3-6-13/h1-8,12H,9-11,23H2. The Labute approximate surface area is 167 Å². The van der Waals surface area contributed by atoms with Crippen LogP contribution in [0.1, 0.15) is 17.0 Å². The third-order valence-corrected chi connectivity index (χ3v) is 5.12. The van der Waals surface area contributed by atoms with Gasteiger partial charge in [-0.3, -0.25) is 0 Å². The number of aryl methyl sites for hydroxylation is 2. The highest BCUT2D eigenvalue weighted by atomic mass is 35.5. The van der Waals surface area contributed by atoms with Gasteiger partial charge in [0.05, 0.1) is 12.9 Å². The summed E-state index contributed by atoms with van der Waals surface area (Å²) in [7, 11) is 0. The van der Waals surface area contributed by atoms with E-state index in [0.29, 0.717) is 33.9 Å². The van der Waals surface area contributed by atoms with E-state index in [1.165, 1.54) is 5.56 Å². The number of aromatic nitrogens is 4. The van der Waals surface area contributed by atoms with Gasteiger partial charge in [0.25, 0.3) is 0 Å². The molecule has 0 amide bonds. The molecule has 0 radical (unpaired) electrons. The lowest BCUT2D eigenvalue weighted by Gasteiger charge is -2.13. The molecule has 2 aliphatic heterocycles. The van der Waals surface area contributed by atoms with Crippen molar-refractivity contribution in [2.75, 3.05) is 5.73 Å². The van der Waals surface area contributed by atoms with Crippen molar-refractivity contribution >= 4 is 29.0 Å². The smallest absolute Gasteiger partial charge is 0.166 e. The number of anilines is 1. The van der Waals surface area contributed by atoms with E-state index < -0.39 is 0 Å². The van der Waals surface area contributed by atoms with Gasteiger partial charge in [0.15, 0.2) is 17.3 Å². The Morgan fingerprint density at radius 3 is 2.37 bits per heavy atom. The summed E-state index contributed by atoms with van der Waals surface area (Å²) in [4.78, 5) is 13.5. The van der Waals surface area contributed by atoms with Crippen LogP contribution in [0.4, 0.5) is 5.82 Å². The van der Waals surface area contributed by atoms with Gasteiger partial charge in [-0.25, -0.2) is 15.0 Å². The Balaban J connectivity index is 1.65. The van der Waals surface area contributed by atoms with Crippen molar-refractivity contribution in [3.8, 4) is 11.5 Å². The van der Waals surface area contributed by atoms with E-state index in [-0.39, 0.29) is 0 Å². The predicted molar refractivity (Wildman–Crippen MR) is 108 cm³/mol. The SMILES string of the molecule is Nc1ncn(Cc2c(Cl)cccc2Cl)c2nc(CCc3ccccc3)nc1-2. The van der Waals surface area contributed by atoms with E-state index in [1.54, 1.807) is 6.33 Å². The van der Waals surface area contributed by atoms with Crippen LogP contribution >= 0.6 is 23.2 Å².